The summed E-state index contributed by atoms with van der Waals surface area (Å²) in [6, 6.07) is 1.70. The highest BCUT2D eigenvalue weighted by Gasteiger charge is 2.17. The van der Waals surface area contributed by atoms with E-state index in [4.69, 9.17) is 5.26 Å². The lowest BCUT2D eigenvalue weighted by atomic mass is 9.81. The van der Waals surface area contributed by atoms with Crippen LogP contribution in [-0.4, -0.2) is 31.0 Å². The molecule has 0 bridgehead atoms. The van der Waals surface area contributed by atoms with Crippen LogP contribution in [0.3, 0.4) is 0 Å². The fraction of sp³-hybridized carbons (Fsp3) is 0. The predicted octanol–water partition coefficient (Wildman–Crippen LogP) is -2.81. The quantitative estimate of drug-likeness (QED) is 0.225. The standard InChI is InChI=1S/C7H7B2NO3/c8-3-2(1-10)5(11)7(13)4(9)6(3)12/h11-13H,8-9H2. The van der Waals surface area contributed by atoms with Crippen LogP contribution in [0.2, 0.25) is 0 Å². The molecular weight excluding hydrogens is 168 g/mol. The second kappa shape index (κ2) is 2.94. The van der Waals surface area contributed by atoms with E-state index in [2.05, 4.69) is 0 Å². The minimum atomic E-state index is -0.477. The Hall–Kier alpha value is -1.76. The molecule has 1 rings (SSSR count). The van der Waals surface area contributed by atoms with E-state index in [1.54, 1.807) is 6.07 Å². The third-order valence-corrected chi connectivity index (χ3v) is 2.01. The zero-order chi connectivity index (χ0) is 10.2. The first kappa shape index (κ1) is 9.33. The van der Waals surface area contributed by atoms with Crippen LogP contribution in [0.25, 0.3) is 0 Å². The molecule has 0 atom stereocenters. The van der Waals surface area contributed by atoms with Crippen molar-refractivity contribution in [3.63, 3.8) is 0 Å². The Bertz CT molecular complexity index is 382. The third-order valence-electron chi connectivity index (χ3n) is 2.01. The number of aromatic hydroxyl groups is 3. The van der Waals surface area contributed by atoms with Gasteiger partial charge in [-0.2, -0.15) is 5.26 Å². The van der Waals surface area contributed by atoms with Gasteiger partial charge in [-0.3, -0.25) is 0 Å². The van der Waals surface area contributed by atoms with Gasteiger partial charge in [0.15, 0.2) is 11.5 Å². The Morgan fingerprint density at radius 3 is 1.92 bits per heavy atom. The van der Waals surface area contributed by atoms with E-state index in [1.165, 1.54) is 15.7 Å². The van der Waals surface area contributed by atoms with Gasteiger partial charge in [-0.25, -0.2) is 0 Å². The summed E-state index contributed by atoms with van der Waals surface area (Å²) in [7, 11) is 2.96. The predicted molar refractivity (Wildman–Crippen MR) is 52.5 cm³/mol. The van der Waals surface area contributed by atoms with E-state index in [0.29, 0.717) is 0 Å². The maximum absolute atomic E-state index is 9.40. The molecule has 3 N–H and O–H groups in total. The van der Waals surface area contributed by atoms with Gasteiger partial charge in [0.2, 0.25) is 0 Å². The number of hydrogen-bond donors (Lipinski definition) is 3. The van der Waals surface area contributed by atoms with E-state index in [-0.39, 0.29) is 22.2 Å². The van der Waals surface area contributed by atoms with Crippen LogP contribution in [0.5, 0.6) is 17.2 Å². The lowest BCUT2D eigenvalue weighted by Crippen LogP contribution is -2.18. The van der Waals surface area contributed by atoms with Crippen LogP contribution >= 0.6 is 0 Å². The van der Waals surface area contributed by atoms with Crippen LogP contribution < -0.4 is 10.9 Å². The molecule has 0 radical (unpaired) electrons. The van der Waals surface area contributed by atoms with Gasteiger partial charge in [0.1, 0.15) is 27.5 Å². The molecule has 6 heteroatoms. The molecule has 4 nitrogen and oxygen atoms in total. The Labute approximate surface area is 76.9 Å². The molecule has 0 aliphatic heterocycles. The van der Waals surface area contributed by atoms with Crippen molar-refractivity contribution in [3.05, 3.63) is 5.56 Å². The number of phenolic OH excluding ortho intramolecular Hbond substituents is 3. The molecule has 13 heavy (non-hydrogen) atoms. The summed E-state index contributed by atoms with van der Waals surface area (Å²) in [4.78, 5) is 0. The van der Waals surface area contributed by atoms with Crippen molar-refractivity contribution in [3.8, 4) is 23.3 Å². The molecule has 0 fully saturated rings. The zero-order valence-electron chi connectivity index (χ0n) is 7.29. The topological polar surface area (TPSA) is 84.5 Å². The Kier molecular flexibility index (Phi) is 2.11. The summed E-state index contributed by atoms with van der Waals surface area (Å²) in [5, 5.41) is 36.6. The first-order valence-corrected chi connectivity index (χ1v) is 3.64. The number of rotatable bonds is 0. The monoisotopic (exact) mass is 175 g/mol. The summed E-state index contributed by atoms with van der Waals surface area (Å²) >= 11 is 0. The van der Waals surface area contributed by atoms with Crippen molar-refractivity contribution in [2.24, 2.45) is 0 Å². The highest BCUT2D eigenvalue weighted by atomic mass is 16.3. The van der Waals surface area contributed by atoms with Gasteiger partial charge in [-0.05, 0) is 10.9 Å². The third kappa shape index (κ3) is 1.18. The first-order valence-electron chi connectivity index (χ1n) is 3.64. The SMILES string of the molecule is Bc1c(O)c(B)c(C#N)c(O)c1O. The van der Waals surface area contributed by atoms with Gasteiger partial charge >= 0.3 is 0 Å². The lowest BCUT2D eigenvalue weighted by Gasteiger charge is -2.09. The van der Waals surface area contributed by atoms with Gasteiger partial charge in [0.05, 0.1) is 5.56 Å². The summed E-state index contributed by atoms with van der Waals surface area (Å²) < 4.78 is 0. The maximum atomic E-state index is 9.40. The smallest absolute Gasteiger partial charge is 0.174 e. The molecule has 0 heterocycles. The van der Waals surface area contributed by atoms with Crippen molar-refractivity contribution in [2.75, 3.05) is 0 Å². The maximum Gasteiger partial charge on any atom is 0.174 e. The highest BCUT2D eigenvalue weighted by Crippen LogP contribution is 2.27. The average Bonchev–Trinajstić information content (AvgIpc) is 2.13. The Balaban J connectivity index is 3.69. The molecule has 64 valence electrons. The normalized spacial score (nSPS) is 9.46. The van der Waals surface area contributed by atoms with Crippen molar-refractivity contribution in [1.82, 2.24) is 0 Å². The molecule has 0 unspecified atom stereocenters. The van der Waals surface area contributed by atoms with E-state index < -0.39 is 11.5 Å². The molecule has 0 amide bonds. The van der Waals surface area contributed by atoms with Gasteiger partial charge in [0, 0.05) is 0 Å². The van der Waals surface area contributed by atoms with Crippen molar-refractivity contribution >= 4 is 26.6 Å². The minimum absolute atomic E-state index is 0.0967. The van der Waals surface area contributed by atoms with Crippen LogP contribution in [0.15, 0.2) is 0 Å². The van der Waals surface area contributed by atoms with Crippen molar-refractivity contribution in [1.29, 1.82) is 5.26 Å². The Morgan fingerprint density at radius 1 is 0.923 bits per heavy atom. The molecular formula is C7H7B2NO3. The van der Waals surface area contributed by atoms with Crippen LogP contribution in [0.1, 0.15) is 5.56 Å². The minimum Gasteiger partial charge on any atom is -0.509 e. The zero-order valence-corrected chi connectivity index (χ0v) is 7.29. The van der Waals surface area contributed by atoms with Crippen LogP contribution in [0.4, 0.5) is 0 Å². The molecule has 1 aromatic rings. The van der Waals surface area contributed by atoms with Crippen LogP contribution in [0, 0.1) is 11.3 Å². The number of hydrogen-bond acceptors (Lipinski definition) is 4. The fourth-order valence-corrected chi connectivity index (χ4v) is 1.12. The molecule has 1 aromatic carbocycles. The van der Waals surface area contributed by atoms with Gasteiger partial charge in [0.25, 0.3) is 0 Å². The van der Waals surface area contributed by atoms with E-state index >= 15 is 0 Å². The second-order valence-corrected chi connectivity index (χ2v) is 2.78. The van der Waals surface area contributed by atoms with Gasteiger partial charge in [-0.1, -0.05) is 0 Å². The first-order chi connectivity index (χ1) is 6.00. The fourth-order valence-electron chi connectivity index (χ4n) is 1.12. The van der Waals surface area contributed by atoms with E-state index in [9.17, 15) is 15.3 Å². The summed E-state index contributed by atoms with van der Waals surface area (Å²) in [6.07, 6.45) is 0. The molecule has 0 aromatic heterocycles. The van der Waals surface area contributed by atoms with E-state index in [1.807, 2.05) is 0 Å². The number of nitriles is 1. The molecule has 0 aliphatic carbocycles. The van der Waals surface area contributed by atoms with Crippen molar-refractivity contribution < 1.29 is 15.3 Å². The Morgan fingerprint density at radius 2 is 1.46 bits per heavy atom. The molecule has 0 saturated heterocycles. The molecule has 0 saturated carbocycles. The number of phenols is 3. The summed E-state index contributed by atoms with van der Waals surface area (Å²) in [5.41, 5.74) is 0.352. The van der Waals surface area contributed by atoms with Crippen molar-refractivity contribution in [2.45, 2.75) is 0 Å². The lowest BCUT2D eigenvalue weighted by molar-refractivity contribution is 0.401. The summed E-state index contributed by atoms with van der Waals surface area (Å²) in [6.45, 7) is 0. The van der Waals surface area contributed by atoms with Crippen LogP contribution in [-0.2, 0) is 0 Å². The van der Waals surface area contributed by atoms with Gasteiger partial charge < -0.3 is 15.3 Å². The number of benzene rings is 1. The van der Waals surface area contributed by atoms with Gasteiger partial charge in [-0.15, -0.1) is 0 Å². The highest BCUT2D eigenvalue weighted by molar-refractivity contribution is 6.43. The van der Waals surface area contributed by atoms with E-state index in [0.717, 1.165) is 0 Å². The molecule has 0 spiro atoms. The second-order valence-electron chi connectivity index (χ2n) is 2.78. The molecule has 0 aliphatic rings. The summed E-state index contributed by atoms with van der Waals surface area (Å²) in [5.74, 6) is -1.08. The average molecular weight is 175 g/mol. The largest absolute Gasteiger partial charge is 0.509 e. The number of nitrogens with zero attached hydrogens (tertiary/aromatic N) is 1.